The number of nitrogens with one attached hydrogen (secondary N) is 2. The highest BCUT2D eigenvalue weighted by atomic mass is 127. The molecule has 1 fully saturated rings. The summed E-state index contributed by atoms with van der Waals surface area (Å²) < 4.78 is 22.7. The summed E-state index contributed by atoms with van der Waals surface area (Å²) in [5.74, 6) is 1.04. The number of piperidine rings is 1. The molecule has 1 heterocycles. The highest BCUT2D eigenvalue weighted by molar-refractivity contribution is 14.0. The molecule has 0 aromatic heterocycles. The third kappa shape index (κ3) is 12.8. The minimum absolute atomic E-state index is 0. The van der Waals surface area contributed by atoms with Crippen LogP contribution >= 0.6 is 24.0 Å². The molecule has 0 bridgehead atoms. The van der Waals surface area contributed by atoms with Gasteiger partial charge in [-0.3, -0.25) is 4.99 Å². The van der Waals surface area contributed by atoms with E-state index in [1.54, 1.807) is 0 Å². The SMILES string of the molecule is CCNC(=NCC(C)(C)CCS(C)(=O)=O)NCCN1CCCCC1.I. The lowest BCUT2D eigenvalue weighted by molar-refractivity contribution is 0.232. The van der Waals surface area contributed by atoms with Gasteiger partial charge in [0, 0.05) is 32.4 Å². The Kier molecular flexibility index (Phi) is 12.3. The van der Waals surface area contributed by atoms with E-state index in [0.717, 1.165) is 25.6 Å². The standard InChI is InChI=1S/C17H36N4O2S.HI/c1-5-18-16(19-10-13-21-11-7-6-8-12-21)20-15-17(2,3)9-14-24(4,22)23;/h5-15H2,1-4H3,(H2,18,19,20);1H. The molecular formula is C17H37IN4O2S. The van der Waals surface area contributed by atoms with E-state index in [1.807, 2.05) is 0 Å². The minimum atomic E-state index is -2.92. The molecule has 0 aromatic rings. The number of likely N-dealkylation sites (tertiary alicyclic amines) is 1. The highest BCUT2D eigenvalue weighted by Gasteiger charge is 2.20. The molecule has 0 unspecified atom stereocenters. The van der Waals surface area contributed by atoms with Crippen molar-refractivity contribution in [3.63, 3.8) is 0 Å². The first-order valence-corrected chi connectivity index (χ1v) is 11.2. The number of aliphatic imine (C=N–C) groups is 1. The van der Waals surface area contributed by atoms with Gasteiger partial charge in [-0.15, -0.1) is 24.0 Å². The van der Waals surface area contributed by atoms with E-state index < -0.39 is 9.84 Å². The molecule has 1 rings (SSSR count). The Morgan fingerprint density at radius 3 is 2.36 bits per heavy atom. The van der Waals surface area contributed by atoms with Crippen molar-refractivity contribution in [2.45, 2.75) is 46.5 Å². The van der Waals surface area contributed by atoms with Gasteiger partial charge in [0.15, 0.2) is 5.96 Å². The zero-order valence-electron chi connectivity index (χ0n) is 16.3. The van der Waals surface area contributed by atoms with Crippen molar-refractivity contribution in [1.29, 1.82) is 0 Å². The first-order valence-electron chi connectivity index (χ1n) is 9.14. The molecule has 150 valence electrons. The van der Waals surface area contributed by atoms with Gasteiger partial charge in [-0.05, 0) is 44.7 Å². The van der Waals surface area contributed by atoms with Crippen molar-refractivity contribution in [1.82, 2.24) is 15.5 Å². The van der Waals surface area contributed by atoms with Crippen LogP contribution in [-0.2, 0) is 9.84 Å². The third-order valence-corrected chi connectivity index (χ3v) is 5.27. The molecule has 0 saturated carbocycles. The molecule has 1 aliphatic rings. The predicted octanol–water partition coefficient (Wildman–Crippen LogP) is 2.11. The molecule has 8 heteroatoms. The Morgan fingerprint density at radius 1 is 1.16 bits per heavy atom. The average Bonchev–Trinajstić information content (AvgIpc) is 2.51. The van der Waals surface area contributed by atoms with Crippen LogP contribution in [0.25, 0.3) is 0 Å². The molecular weight excluding hydrogens is 451 g/mol. The molecule has 6 nitrogen and oxygen atoms in total. The van der Waals surface area contributed by atoms with Crippen LogP contribution in [0.4, 0.5) is 0 Å². The summed E-state index contributed by atoms with van der Waals surface area (Å²) in [6, 6.07) is 0. The van der Waals surface area contributed by atoms with Gasteiger partial charge < -0.3 is 15.5 Å². The highest BCUT2D eigenvalue weighted by Crippen LogP contribution is 2.21. The average molecular weight is 488 g/mol. The number of rotatable bonds is 9. The summed E-state index contributed by atoms with van der Waals surface area (Å²) in [6.45, 7) is 12.0. The second-order valence-corrected chi connectivity index (χ2v) is 9.83. The number of guanidine groups is 1. The zero-order chi connectivity index (χ0) is 18.1. The maximum Gasteiger partial charge on any atom is 0.191 e. The first-order chi connectivity index (χ1) is 11.2. The number of nitrogens with zero attached hydrogens (tertiary/aromatic N) is 2. The maximum atomic E-state index is 11.3. The van der Waals surface area contributed by atoms with E-state index in [-0.39, 0.29) is 35.1 Å². The van der Waals surface area contributed by atoms with E-state index in [9.17, 15) is 8.42 Å². The second-order valence-electron chi connectivity index (χ2n) is 7.57. The van der Waals surface area contributed by atoms with Crippen LogP contribution < -0.4 is 10.6 Å². The summed E-state index contributed by atoms with van der Waals surface area (Å²) in [4.78, 5) is 7.15. The summed E-state index contributed by atoms with van der Waals surface area (Å²) in [6.07, 6.45) is 5.89. The van der Waals surface area contributed by atoms with Gasteiger partial charge in [0.05, 0.1) is 5.75 Å². The van der Waals surface area contributed by atoms with E-state index in [4.69, 9.17) is 0 Å². The van der Waals surface area contributed by atoms with Gasteiger partial charge in [-0.25, -0.2) is 8.42 Å². The predicted molar refractivity (Wildman–Crippen MR) is 118 cm³/mol. The summed E-state index contributed by atoms with van der Waals surface area (Å²) in [5.41, 5.74) is -0.127. The molecule has 0 amide bonds. The number of hydrogen-bond donors (Lipinski definition) is 2. The Morgan fingerprint density at radius 2 is 1.80 bits per heavy atom. The van der Waals surface area contributed by atoms with Crippen LogP contribution in [-0.4, -0.2) is 70.6 Å². The fourth-order valence-corrected chi connectivity index (χ4v) is 3.61. The van der Waals surface area contributed by atoms with E-state index in [0.29, 0.717) is 13.0 Å². The maximum absolute atomic E-state index is 11.3. The van der Waals surface area contributed by atoms with Gasteiger partial charge in [0.1, 0.15) is 9.84 Å². The Hall–Kier alpha value is -0.0900. The fourth-order valence-electron chi connectivity index (χ4n) is 2.69. The first kappa shape index (κ1) is 24.9. The van der Waals surface area contributed by atoms with Gasteiger partial charge in [-0.2, -0.15) is 0 Å². The van der Waals surface area contributed by atoms with Crippen LogP contribution in [0, 0.1) is 5.41 Å². The molecule has 0 radical (unpaired) electrons. The number of sulfone groups is 1. The molecule has 0 spiro atoms. The fraction of sp³-hybridized carbons (Fsp3) is 0.941. The summed E-state index contributed by atoms with van der Waals surface area (Å²) in [5, 5.41) is 6.66. The topological polar surface area (TPSA) is 73.8 Å². The molecule has 25 heavy (non-hydrogen) atoms. The van der Waals surface area contributed by atoms with Crippen LogP contribution in [0.2, 0.25) is 0 Å². The van der Waals surface area contributed by atoms with Gasteiger partial charge in [0.25, 0.3) is 0 Å². The van der Waals surface area contributed by atoms with E-state index in [1.165, 1.54) is 38.6 Å². The number of hydrogen-bond acceptors (Lipinski definition) is 4. The monoisotopic (exact) mass is 488 g/mol. The van der Waals surface area contributed by atoms with E-state index >= 15 is 0 Å². The normalized spacial score (nSPS) is 17.0. The van der Waals surface area contributed by atoms with Crippen molar-refractivity contribution in [2.75, 3.05) is 51.3 Å². The van der Waals surface area contributed by atoms with Crippen LogP contribution in [0.1, 0.15) is 46.5 Å². The summed E-state index contributed by atoms with van der Waals surface area (Å²) >= 11 is 0. The lowest BCUT2D eigenvalue weighted by Gasteiger charge is -2.27. The lowest BCUT2D eigenvalue weighted by atomic mass is 9.90. The number of halogens is 1. The smallest absolute Gasteiger partial charge is 0.191 e. The van der Waals surface area contributed by atoms with Gasteiger partial charge >= 0.3 is 0 Å². The van der Waals surface area contributed by atoms with Crippen molar-refractivity contribution in [3.8, 4) is 0 Å². The largest absolute Gasteiger partial charge is 0.357 e. The van der Waals surface area contributed by atoms with Crippen molar-refractivity contribution >= 4 is 39.8 Å². The molecule has 0 aliphatic carbocycles. The van der Waals surface area contributed by atoms with Crippen LogP contribution in [0.3, 0.4) is 0 Å². The second kappa shape index (κ2) is 12.3. The minimum Gasteiger partial charge on any atom is -0.357 e. The molecule has 1 aliphatic heterocycles. The third-order valence-electron chi connectivity index (χ3n) is 4.33. The molecule has 0 aromatic carbocycles. The van der Waals surface area contributed by atoms with Crippen molar-refractivity contribution in [3.05, 3.63) is 0 Å². The molecule has 0 atom stereocenters. The quantitative estimate of drug-likeness (QED) is 0.296. The Bertz CT molecular complexity index is 489. The van der Waals surface area contributed by atoms with Crippen LogP contribution in [0.15, 0.2) is 4.99 Å². The van der Waals surface area contributed by atoms with Gasteiger partial charge in [-0.1, -0.05) is 20.3 Å². The molecule has 1 saturated heterocycles. The van der Waals surface area contributed by atoms with Gasteiger partial charge in [0.2, 0.25) is 0 Å². The Balaban J connectivity index is 0.00000576. The zero-order valence-corrected chi connectivity index (χ0v) is 19.5. The lowest BCUT2D eigenvalue weighted by Crippen LogP contribution is -2.43. The Labute approximate surface area is 171 Å². The van der Waals surface area contributed by atoms with Crippen molar-refractivity contribution in [2.24, 2.45) is 10.4 Å². The van der Waals surface area contributed by atoms with Crippen LogP contribution in [0.5, 0.6) is 0 Å². The molecule has 2 N–H and O–H groups in total. The van der Waals surface area contributed by atoms with Crippen molar-refractivity contribution < 1.29 is 8.42 Å². The summed E-state index contributed by atoms with van der Waals surface area (Å²) in [7, 11) is -2.92. The van der Waals surface area contributed by atoms with E-state index in [2.05, 4.69) is 41.3 Å².